The van der Waals surface area contributed by atoms with E-state index in [0.717, 1.165) is 18.4 Å². The van der Waals surface area contributed by atoms with Crippen LogP contribution in [-0.4, -0.2) is 23.1 Å². The molecule has 1 aromatic rings. The Kier molecular flexibility index (Phi) is 6.19. The van der Waals surface area contributed by atoms with Gasteiger partial charge in [-0.05, 0) is 65.2 Å². The van der Waals surface area contributed by atoms with E-state index in [4.69, 9.17) is 15.2 Å². The molecule has 5 heteroatoms. The van der Waals surface area contributed by atoms with Gasteiger partial charge < -0.3 is 15.2 Å². The Balaban J connectivity index is 2.62. The Morgan fingerprint density at radius 2 is 1.61 bits per heavy atom. The van der Waals surface area contributed by atoms with Gasteiger partial charge in [-0.3, -0.25) is 4.79 Å². The summed E-state index contributed by atoms with van der Waals surface area (Å²) >= 11 is 0. The van der Waals surface area contributed by atoms with Crippen LogP contribution in [0.1, 0.15) is 53.0 Å². The lowest BCUT2D eigenvalue weighted by Crippen LogP contribution is -2.43. The fourth-order valence-corrected chi connectivity index (χ4v) is 1.93. The number of ether oxygens (including phenoxy) is 2. The summed E-state index contributed by atoms with van der Waals surface area (Å²) in [6.07, 6.45) is 1.88. The van der Waals surface area contributed by atoms with E-state index >= 15 is 0 Å². The molecule has 0 radical (unpaired) electrons. The molecule has 0 unspecified atom stereocenters. The minimum Gasteiger partial charge on any atom is -0.476 e. The maximum Gasteiger partial charge on any atom is 0.350 e. The summed E-state index contributed by atoms with van der Waals surface area (Å²) in [6, 6.07) is 7.46. The molecule has 0 saturated heterocycles. The van der Waals surface area contributed by atoms with Crippen molar-refractivity contribution in [1.82, 2.24) is 0 Å². The first-order valence-corrected chi connectivity index (χ1v) is 7.79. The summed E-state index contributed by atoms with van der Waals surface area (Å²) in [6.45, 7) is 8.83. The van der Waals surface area contributed by atoms with Gasteiger partial charge in [-0.1, -0.05) is 12.1 Å². The summed E-state index contributed by atoms with van der Waals surface area (Å²) in [5, 5.41) is 0. The molecule has 0 atom stereocenters. The number of benzene rings is 1. The molecule has 0 saturated carbocycles. The van der Waals surface area contributed by atoms with Crippen molar-refractivity contribution in [2.24, 2.45) is 5.73 Å². The molecule has 2 N–H and O–H groups in total. The fraction of sp³-hybridized carbons (Fsp3) is 0.556. The smallest absolute Gasteiger partial charge is 0.350 e. The highest BCUT2D eigenvalue weighted by Gasteiger charge is 2.34. The van der Waals surface area contributed by atoms with Crippen LogP contribution in [0.15, 0.2) is 24.3 Å². The lowest BCUT2D eigenvalue weighted by atomic mass is 10.1. The molecule has 0 heterocycles. The maximum absolute atomic E-state index is 12.2. The normalized spacial score (nSPS) is 11.9. The Bertz CT molecular complexity index is 541. The van der Waals surface area contributed by atoms with Gasteiger partial charge in [-0.25, -0.2) is 4.79 Å². The quantitative estimate of drug-likeness (QED) is 0.783. The Hall–Kier alpha value is -2.04. The van der Waals surface area contributed by atoms with Crippen LogP contribution < -0.4 is 10.5 Å². The zero-order chi connectivity index (χ0) is 17.7. The van der Waals surface area contributed by atoms with Gasteiger partial charge in [-0.2, -0.15) is 0 Å². The topological polar surface area (TPSA) is 78.6 Å². The van der Waals surface area contributed by atoms with Crippen molar-refractivity contribution in [3.8, 4) is 5.75 Å². The van der Waals surface area contributed by atoms with Crippen LogP contribution in [0.25, 0.3) is 0 Å². The average molecular weight is 321 g/mol. The predicted octanol–water partition coefficient (Wildman–Crippen LogP) is 2.99. The largest absolute Gasteiger partial charge is 0.476 e. The number of nitrogens with two attached hydrogens (primary N) is 1. The van der Waals surface area contributed by atoms with Crippen LogP contribution >= 0.6 is 0 Å². The lowest BCUT2D eigenvalue weighted by Gasteiger charge is -2.29. The van der Waals surface area contributed by atoms with Gasteiger partial charge in [0.25, 0.3) is 0 Å². The van der Waals surface area contributed by atoms with Crippen LogP contribution in [0, 0.1) is 0 Å². The molecule has 5 nitrogen and oxygen atoms in total. The van der Waals surface area contributed by atoms with E-state index in [9.17, 15) is 9.59 Å². The molecule has 23 heavy (non-hydrogen) atoms. The van der Waals surface area contributed by atoms with Gasteiger partial charge in [0.15, 0.2) is 5.60 Å². The van der Waals surface area contributed by atoms with E-state index in [1.807, 2.05) is 45.0 Å². The van der Waals surface area contributed by atoms with Crippen LogP contribution in [-0.2, 0) is 20.7 Å². The molecule has 1 amide bonds. The number of carbonyl (C=O) groups excluding carboxylic acids is 2. The van der Waals surface area contributed by atoms with E-state index in [2.05, 4.69) is 0 Å². The van der Waals surface area contributed by atoms with Crippen molar-refractivity contribution in [2.45, 2.75) is 65.1 Å². The second-order valence-corrected chi connectivity index (χ2v) is 7.08. The predicted molar refractivity (Wildman–Crippen MR) is 89.1 cm³/mol. The first-order valence-electron chi connectivity index (χ1n) is 7.79. The lowest BCUT2D eigenvalue weighted by molar-refractivity contribution is -0.170. The number of hydrogen-bond acceptors (Lipinski definition) is 4. The maximum atomic E-state index is 12.2. The monoisotopic (exact) mass is 321 g/mol. The van der Waals surface area contributed by atoms with E-state index in [-0.39, 0.29) is 5.91 Å². The van der Waals surface area contributed by atoms with Crippen molar-refractivity contribution >= 4 is 11.9 Å². The fourth-order valence-electron chi connectivity index (χ4n) is 1.93. The van der Waals surface area contributed by atoms with Crippen LogP contribution in [0.5, 0.6) is 5.75 Å². The van der Waals surface area contributed by atoms with Gasteiger partial charge >= 0.3 is 5.97 Å². The molecular weight excluding hydrogens is 294 g/mol. The summed E-state index contributed by atoms with van der Waals surface area (Å²) in [5.41, 5.74) is 4.59. The standard InChI is InChI=1S/C18H27NO4/c1-17(2,3)23-16(21)18(4,5)22-14-11-9-13(10-12-14)7-6-8-15(19)20/h9-12H,6-8H2,1-5H3,(H2,19,20). The first-order chi connectivity index (χ1) is 10.5. The second-order valence-electron chi connectivity index (χ2n) is 7.08. The molecule has 0 aliphatic heterocycles. The van der Waals surface area contributed by atoms with Gasteiger partial charge in [-0.15, -0.1) is 0 Å². The number of esters is 1. The zero-order valence-corrected chi connectivity index (χ0v) is 14.6. The van der Waals surface area contributed by atoms with E-state index < -0.39 is 17.2 Å². The number of hydrogen-bond donors (Lipinski definition) is 1. The summed E-state index contributed by atoms with van der Waals surface area (Å²) in [4.78, 5) is 22.9. The number of carbonyl (C=O) groups is 2. The molecule has 0 spiro atoms. The SMILES string of the molecule is CC(C)(C)OC(=O)C(C)(C)Oc1ccc(CCCC(N)=O)cc1. The molecule has 1 rings (SSSR count). The highest BCUT2D eigenvalue weighted by Crippen LogP contribution is 2.22. The van der Waals surface area contributed by atoms with Crippen molar-refractivity contribution in [1.29, 1.82) is 0 Å². The van der Waals surface area contributed by atoms with Crippen molar-refractivity contribution < 1.29 is 19.1 Å². The molecule has 128 valence electrons. The van der Waals surface area contributed by atoms with Gasteiger partial charge in [0.2, 0.25) is 5.91 Å². The summed E-state index contributed by atoms with van der Waals surface area (Å²) in [5.74, 6) is -0.0980. The average Bonchev–Trinajstić information content (AvgIpc) is 2.38. The third-order valence-corrected chi connectivity index (χ3v) is 3.08. The van der Waals surface area contributed by atoms with E-state index in [1.165, 1.54) is 0 Å². The van der Waals surface area contributed by atoms with Crippen LogP contribution in [0.4, 0.5) is 0 Å². The summed E-state index contributed by atoms with van der Waals surface area (Å²) in [7, 11) is 0. The van der Waals surface area contributed by atoms with Crippen LogP contribution in [0.3, 0.4) is 0 Å². The molecule has 0 aromatic heterocycles. The Labute approximate surface area is 138 Å². The highest BCUT2D eigenvalue weighted by atomic mass is 16.6. The summed E-state index contributed by atoms with van der Waals surface area (Å²) < 4.78 is 11.1. The number of amides is 1. The minimum absolute atomic E-state index is 0.288. The van der Waals surface area contributed by atoms with Crippen LogP contribution in [0.2, 0.25) is 0 Å². The molecular formula is C18H27NO4. The number of aryl methyl sites for hydroxylation is 1. The molecule has 0 bridgehead atoms. The highest BCUT2D eigenvalue weighted by molar-refractivity contribution is 5.79. The molecule has 1 aromatic carbocycles. The Morgan fingerprint density at radius 1 is 1.04 bits per heavy atom. The first kappa shape index (κ1) is 19.0. The zero-order valence-electron chi connectivity index (χ0n) is 14.6. The third-order valence-electron chi connectivity index (χ3n) is 3.08. The molecule has 0 aliphatic rings. The van der Waals surface area contributed by atoms with E-state index in [1.54, 1.807) is 13.8 Å². The third kappa shape index (κ3) is 7.17. The van der Waals surface area contributed by atoms with E-state index in [0.29, 0.717) is 12.2 Å². The van der Waals surface area contributed by atoms with Crippen molar-refractivity contribution in [3.63, 3.8) is 0 Å². The molecule has 0 aliphatic carbocycles. The number of rotatable bonds is 7. The van der Waals surface area contributed by atoms with Crippen molar-refractivity contribution in [3.05, 3.63) is 29.8 Å². The number of primary amides is 1. The molecule has 0 fully saturated rings. The van der Waals surface area contributed by atoms with Gasteiger partial charge in [0, 0.05) is 6.42 Å². The van der Waals surface area contributed by atoms with Gasteiger partial charge in [0.05, 0.1) is 0 Å². The Morgan fingerprint density at radius 3 is 2.09 bits per heavy atom. The van der Waals surface area contributed by atoms with Crippen molar-refractivity contribution in [2.75, 3.05) is 0 Å². The van der Waals surface area contributed by atoms with Gasteiger partial charge in [0.1, 0.15) is 11.4 Å². The minimum atomic E-state index is -1.07. The second kappa shape index (κ2) is 7.49.